The molecule has 2 atom stereocenters. The number of carbonyl (C=O) groups excluding carboxylic acids is 3. The first-order valence-electron chi connectivity index (χ1n) is 11.9. The van der Waals surface area contributed by atoms with E-state index in [2.05, 4.69) is 24.3 Å². The molecule has 1 aromatic heterocycles. The van der Waals surface area contributed by atoms with E-state index in [1.54, 1.807) is 30.3 Å². The van der Waals surface area contributed by atoms with E-state index in [9.17, 15) is 14.4 Å². The second-order valence-electron chi connectivity index (χ2n) is 9.74. The lowest BCUT2D eigenvalue weighted by Crippen LogP contribution is -2.49. The third-order valence-electron chi connectivity index (χ3n) is 8.04. The van der Waals surface area contributed by atoms with Gasteiger partial charge in [0.2, 0.25) is 17.6 Å². The highest BCUT2D eigenvalue weighted by molar-refractivity contribution is 6.25. The normalized spacial score (nSPS) is 25.4. The number of carbonyl (C=O) groups is 3. The van der Waals surface area contributed by atoms with Gasteiger partial charge in [0.25, 0.3) is 0 Å². The van der Waals surface area contributed by atoms with Crippen LogP contribution in [-0.2, 0) is 9.59 Å². The predicted molar refractivity (Wildman–Crippen MR) is 131 cm³/mol. The summed E-state index contributed by atoms with van der Waals surface area (Å²) in [7, 11) is 0. The quantitative estimate of drug-likeness (QED) is 0.229. The Morgan fingerprint density at radius 1 is 0.833 bits per heavy atom. The number of amides is 2. The number of rotatable bonds is 3. The van der Waals surface area contributed by atoms with Gasteiger partial charge in [0.05, 0.1) is 23.3 Å². The van der Waals surface area contributed by atoms with Gasteiger partial charge in [-0.2, -0.15) is 0 Å². The summed E-state index contributed by atoms with van der Waals surface area (Å²) in [5.74, 6) is -2.13. The van der Waals surface area contributed by atoms with Crippen LogP contribution >= 0.6 is 0 Å². The molecule has 3 aliphatic carbocycles. The highest BCUT2D eigenvalue weighted by atomic mass is 16.5. The zero-order chi connectivity index (χ0) is 24.6. The molecule has 6 nitrogen and oxygen atoms in total. The van der Waals surface area contributed by atoms with E-state index >= 15 is 0 Å². The van der Waals surface area contributed by atoms with E-state index in [-0.39, 0.29) is 40.8 Å². The van der Waals surface area contributed by atoms with Crippen LogP contribution < -0.4 is 9.64 Å². The van der Waals surface area contributed by atoms with Crippen molar-refractivity contribution < 1.29 is 23.5 Å². The van der Waals surface area contributed by atoms with E-state index < -0.39 is 17.3 Å². The summed E-state index contributed by atoms with van der Waals surface area (Å²) in [4.78, 5) is 42.3. The van der Waals surface area contributed by atoms with Gasteiger partial charge < -0.3 is 9.15 Å². The van der Waals surface area contributed by atoms with Gasteiger partial charge in [0, 0.05) is 11.8 Å². The first kappa shape index (κ1) is 20.9. The number of ether oxygens (including phenoxy) is 1. The molecule has 4 aliphatic rings. The van der Waals surface area contributed by atoms with Crippen LogP contribution in [0.2, 0.25) is 0 Å². The summed E-state index contributed by atoms with van der Waals surface area (Å²) in [5, 5.41) is 0. The summed E-state index contributed by atoms with van der Waals surface area (Å²) >= 11 is 0. The number of esters is 1. The minimum atomic E-state index is -0.970. The Kier molecular flexibility index (Phi) is 4.22. The third-order valence-corrected chi connectivity index (χ3v) is 8.04. The smallest absolute Gasteiger partial charge is 0.379 e. The summed E-state index contributed by atoms with van der Waals surface area (Å²) in [6, 6.07) is 26.0. The summed E-state index contributed by atoms with van der Waals surface area (Å²) in [6.07, 6.45) is 1.38. The molecule has 176 valence electrons. The summed E-state index contributed by atoms with van der Waals surface area (Å²) in [6.45, 7) is 1.92. The van der Waals surface area contributed by atoms with E-state index in [4.69, 9.17) is 9.15 Å². The Balaban J connectivity index is 1.37. The highest BCUT2D eigenvalue weighted by Crippen LogP contribution is 2.67. The van der Waals surface area contributed by atoms with Crippen molar-refractivity contribution >= 4 is 23.5 Å². The molecule has 0 N–H and O–H groups in total. The van der Waals surface area contributed by atoms with Gasteiger partial charge in [0.1, 0.15) is 0 Å². The van der Waals surface area contributed by atoms with Crippen molar-refractivity contribution in [2.75, 3.05) is 4.90 Å². The standard InChI is InChI=1S/C30H21NO5/c1-30-25-19-11-4-2-9-17(19)24(18-10-3-5-12-20(18)25)26(30)27(32)31(29(30)34)21-13-6-7-14-22(21)36-28(33)23-15-8-16-35-23/h2-16,24-26H,1H3/t24?,25?,26-,30+/m1/s1. The van der Waals surface area contributed by atoms with Gasteiger partial charge >= 0.3 is 5.97 Å². The van der Waals surface area contributed by atoms with E-state index in [0.717, 1.165) is 22.3 Å². The van der Waals surface area contributed by atoms with E-state index in [1.165, 1.54) is 17.2 Å². The van der Waals surface area contributed by atoms with Crippen LogP contribution in [0.3, 0.4) is 0 Å². The maximum atomic E-state index is 14.3. The van der Waals surface area contributed by atoms with Gasteiger partial charge in [0.15, 0.2) is 5.75 Å². The van der Waals surface area contributed by atoms with Gasteiger partial charge in [-0.3, -0.25) is 9.59 Å². The Morgan fingerprint density at radius 2 is 1.44 bits per heavy atom. The molecule has 3 aromatic carbocycles. The molecule has 6 heteroatoms. The van der Waals surface area contributed by atoms with Gasteiger partial charge in [-0.15, -0.1) is 0 Å². The van der Waals surface area contributed by atoms with E-state index in [1.807, 2.05) is 31.2 Å². The van der Waals surface area contributed by atoms with Crippen molar-refractivity contribution in [1.82, 2.24) is 0 Å². The molecule has 2 heterocycles. The van der Waals surface area contributed by atoms with Crippen molar-refractivity contribution in [2.24, 2.45) is 11.3 Å². The largest absolute Gasteiger partial charge is 0.457 e. The molecule has 8 rings (SSSR count). The van der Waals surface area contributed by atoms with Gasteiger partial charge in [-0.1, -0.05) is 60.7 Å². The van der Waals surface area contributed by atoms with Crippen molar-refractivity contribution in [3.63, 3.8) is 0 Å². The van der Waals surface area contributed by atoms with Crippen LogP contribution in [0.1, 0.15) is 51.6 Å². The lowest BCUT2D eigenvalue weighted by molar-refractivity contribution is -0.128. The number of imide groups is 1. The topological polar surface area (TPSA) is 76.8 Å². The van der Waals surface area contributed by atoms with Crippen LogP contribution in [0.4, 0.5) is 5.69 Å². The number of hydrogen-bond donors (Lipinski definition) is 0. The van der Waals surface area contributed by atoms with Crippen LogP contribution in [-0.4, -0.2) is 17.8 Å². The molecule has 0 unspecified atom stereocenters. The molecule has 1 saturated heterocycles. The zero-order valence-corrected chi connectivity index (χ0v) is 19.4. The number of anilines is 1. The minimum absolute atomic E-state index is 0.0356. The Morgan fingerprint density at radius 3 is 2.08 bits per heavy atom. The van der Waals surface area contributed by atoms with Crippen LogP contribution in [0, 0.1) is 11.3 Å². The second-order valence-corrected chi connectivity index (χ2v) is 9.74. The second kappa shape index (κ2) is 7.28. The van der Waals surface area contributed by atoms with Crippen molar-refractivity contribution in [3.8, 4) is 5.75 Å². The number of furan rings is 1. The number of hydrogen-bond acceptors (Lipinski definition) is 5. The molecule has 0 spiro atoms. The predicted octanol–water partition coefficient (Wildman–Crippen LogP) is 5.29. The molecule has 0 radical (unpaired) electrons. The first-order chi connectivity index (χ1) is 17.5. The Hall–Kier alpha value is -4.45. The van der Waals surface area contributed by atoms with Crippen molar-refractivity contribution in [1.29, 1.82) is 0 Å². The molecule has 36 heavy (non-hydrogen) atoms. The van der Waals surface area contributed by atoms with E-state index in [0.29, 0.717) is 0 Å². The highest BCUT2D eigenvalue weighted by Gasteiger charge is 2.69. The fraction of sp³-hybridized carbons (Fsp3) is 0.167. The van der Waals surface area contributed by atoms with Gasteiger partial charge in [-0.05, 0) is 53.4 Å². The monoisotopic (exact) mass is 475 g/mol. The maximum Gasteiger partial charge on any atom is 0.379 e. The van der Waals surface area contributed by atoms with Crippen LogP contribution in [0.15, 0.2) is 95.6 Å². The zero-order valence-electron chi connectivity index (χ0n) is 19.4. The summed E-state index contributed by atoms with van der Waals surface area (Å²) in [5.41, 5.74) is 3.69. The minimum Gasteiger partial charge on any atom is -0.457 e. The molecule has 1 aliphatic heterocycles. The summed E-state index contributed by atoms with van der Waals surface area (Å²) < 4.78 is 10.8. The van der Waals surface area contributed by atoms with Crippen molar-refractivity contribution in [2.45, 2.75) is 18.8 Å². The molecular formula is C30H21NO5. The number of para-hydroxylation sites is 2. The van der Waals surface area contributed by atoms with Gasteiger partial charge in [-0.25, -0.2) is 9.69 Å². The SMILES string of the molecule is C[C@@]12C(=O)N(c3ccccc3OC(=O)c3ccco3)C(=O)[C@H]1C1c3ccccc3C2c2ccccc21. The fourth-order valence-electron chi connectivity index (χ4n) is 6.62. The lowest BCUT2D eigenvalue weighted by Gasteiger charge is -2.51. The molecule has 1 fully saturated rings. The Bertz CT molecular complexity index is 1520. The molecular weight excluding hydrogens is 454 g/mol. The molecule has 2 bridgehead atoms. The third kappa shape index (κ3) is 2.53. The fourth-order valence-corrected chi connectivity index (χ4v) is 6.62. The van der Waals surface area contributed by atoms with Crippen molar-refractivity contribution in [3.05, 3.63) is 119 Å². The molecule has 0 saturated carbocycles. The lowest BCUT2D eigenvalue weighted by atomic mass is 9.48. The van der Waals surface area contributed by atoms with Crippen LogP contribution in [0.25, 0.3) is 0 Å². The number of nitrogens with zero attached hydrogens (tertiary/aromatic N) is 1. The Labute approximate surface area is 207 Å². The molecule has 4 aromatic rings. The molecule has 2 amide bonds. The average Bonchev–Trinajstić information content (AvgIpc) is 3.51. The number of benzene rings is 3. The maximum absolute atomic E-state index is 14.3. The first-order valence-corrected chi connectivity index (χ1v) is 11.9. The average molecular weight is 476 g/mol. The van der Waals surface area contributed by atoms with Crippen LogP contribution in [0.5, 0.6) is 5.75 Å².